The molecule has 0 saturated carbocycles. The van der Waals surface area contributed by atoms with Gasteiger partial charge in [-0.15, -0.1) is 11.3 Å². The standard InChI is InChI=1S/C12H10N4OS/c13-12-10(8-2-1-5-18-8)11(15-16-12)7-3-4-9(17)14-6-7/h1-6H,(H,14,17)(H3,13,15,16). The number of thiophene rings is 1. The summed E-state index contributed by atoms with van der Waals surface area (Å²) in [6.07, 6.45) is 1.65. The fourth-order valence-corrected chi connectivity index (χ4v) is 2.59. The minimum atomic E-state index is -0.135. The van der Waals surface area contributed by atoms with Crippen LogP contribution in [0.2, 0.25) is 0 Å². The molecular weight excluding hydrogens is 248 g/mol. The van der Waals surface area contributed by atoms with Gasteiger partial charge in [-0.25, -0.2) is 0 Å². The van der Waals surface area contributed by atoms with Crippen molar-refractivity contribution in [3.05, 3.63) is 46.2 Å². The summed E-state index contributed by atoms with van der Waals surface area (Å²) in [4.78, 5) is 14.8. The molecule has 0 radical (unpaired) electrons. The summed E-state index contributed by atoms with van der Waals surface area (Å²) in [5, 5.41) is 8.93. The van der Waals surface area contributed by atoms with E-state index < -0.39 is 0 Å². The van der Waals surface area contributed by atoms with Crippen molar-refractivity contribution in [1.82, 2.24) is 15.2 Å². The zero-order chi connectivity index (χ0) is 12.5. The van der Waals surface area contributed by atoms with Crippen LogP contribution in [0.4, 0.5) is 5.82 Å². The summed E-state index contributed by atoms with van der Waals surface area (Å²) in [7, 11) is 0. The second-order valence-electron chi connectivity index (χ2n) is 3.78. The van der Waals surface area contributed by atoms with E-state index in [1.165, 1.54) is 6.07 Å². The van der Waals surface area contributed by atoms with Gasteiger partial charge in [-0.2, -0.15) is 5.10 Å². The fraction of sp³-hybridized carbons (Fsp3) is 0. The molecule has 0 amide bonds. The Labute approximate surface area is 106 Å². The van der Waals surface area contributed by atoms with Crippen molar-refractivity contribution in [2.45, 2.75) is 0 Å². The number of hydrogen-bond acceptors (Lipinski definition) is 4. The number of nitrogens with zero attached hydrogens (tertiary/aromatic N) is 1. The van der Waals surface area contributed by atoms with E-state index in [4.69, 9.17) is 5.73 Å². The lowest BCUT2D eigenvalue weighted by atomic mass is 10.1. The van der Waals surface area contributed by atoms with Gasteiger partial charge in [0.2, 0.25) is 5.56 Å². The predicted molar refractivity (Wildman–Crippen MR) is 72.4 cm³/mol. The molecule has 3 aromatic heterocycles. The van der Waals surface area contributed by atoms with E-state index in [9.17, 15) is 4.79 Å². The second-order valence-corrected chi connectivity index (χ2v) is 4.73. The second kappa shape index (κ2) is 4.15. The highest BCUT2D eigenvalue weighted by Crippen LogP contribution is 2.36. The van der Waals surface area contributed by atoms with Gasteiger partial charge in [-0.05, 0) is 17.5 Å². The molecule has 3 rings (SSSR count). The van der Waals surface area contributed by atoms with Crippen molar-refractivity contribution < 1.29 is 0 Å². The van der Waals surface area contributed by atoms with E-state index in [0.29, 0.717) is 5.82 Å². The van der Waals surface area contributed by atoms with Crippen molar-refractivity contribution in [1.29, 1.82) is 0 Å². The van der Waals surface area contributed by atoms with E-state index in [0.717, 1.165) is 21.7 Å². The topological polar surface area (TPSA) is 87.6 Å². The van der Waals surface area contributed by atoms with E-state index >= 15 is 0 Å². The van der Waals surface area contributed by atoms with Crippen LogP contribution in [0.15, 0.2) is 40.6 Å². The summed E-state index contributed by atoms with van der Waals surface area (Å²) < 4.78 is 0. The number of aromatic nitrogens is 3. The highest BCUT2D eigenvalue weighted by atomic mass is 32.1. The minimum absolute atomic E-state index is 0.135. The Balaban J connectivity index is 2.19. The van der Waals surface area contributed by atoms with Gasteiger partial charge in [0.25, 0.3) is 0 Å². The Hall–Kier alpha value is -2.34. The molecule has 5 nitrogen and oxygen atoms in total. The molecule has 0 aliphatic rings. The average Bonchev–Trinajstić information content (AvgIpc) is 2.99. The van der Waals surface area contributed by atoms with Crippen molar-refractivity contribution in [3.63, 3.8) is 0 Å². The minimum Gasteiger partial charge on any atom is -0.382 e. The van der Waals surface area contributed by atoms with Gasteiger partial charge in [0.05, 0.1) is 11.3 Å². The Kier molecular flexibility index (Phi) is 2.49. The maximum absolute atomic E-state index is 11.1. The number of rotatable bonds is 2. The third kappa shape index (κ3) is 1.72. The normalized spacial score (nSPS) is 10.7. The van der Waals surface area contributed by atoms with Crippen molar-refractivity contribution in [2.75, 3.05) is 5.73 Å². The fourth-order valence-electron chi connectivity index (χ4n) is 1.80. The van der Waals surface area contributed by atoms with E-state index in [1.807, 2.05) is 17.5 Å². The Morgan fingerprint density at radius 2 is 2.17 bits per heavy atom. The maximum Gasteiger partial charge on any atom is 0.247 e. The SMILES string of the molecule is Nc1n[nH]c(-c2ccc(=O)[nH]c2)c1-c1cccs1. The first-order chi connectivity index (χ1) is 8.75. The third-order valence-electron chi connectivity index (χ3n) is 2.63. The molecule has 3 heterocycles. The van der Waals surface area contributed by atoms with Crippen LogP contribution < -0.4 is 11.3 Å². The molecule has 0 atom stereocenters. The number of nitrogens with one attached hydrogen (secondary N) is 2. The van der Waals surface area contributed by atoms with Gasteiger partial charge < -0.3 is 10.7 Å². The number of nitrogen functional groups attached to an aromatic ring is 1. The summed E-state index contributed by atoms with van der Waals surface area (Å²) in [5.74, 6) is 0.457. The third-order valence-corrected chi connectivity index (χ3v) is 3.52. The summed E-state index contributed by atoms with van der Waals surface area (Å²) in [6, 6.07) is 7.16. The van der Waals surface area contributed by atoms with Crippen molar-refractivity contribution in [3.8, 4) is 21.7 Å². The number of pyridine rings is 1. The highest BCUT2D eigenvalue weighted by Gasteiger charge is 2.15. The number of anilines is 1. The Bertz CT molecular complexity index is 706. The van der Waals surface area contributed by atoms with E-state index in [2.05, 4.69) is 15.2 Å². The molecule has 0 aliphatic carbocycles. The first kappa shape index (κ1) is 10.8. The number of H-pyrrole nitrogens is 2. The van der Waals surface area contributed by atoms with E-state index in [1.54, 1.807) is 23.6 Å². The number of aromatic amines is 2. The molecule has 0 aliphatic heterocycles. The van der Waals surface area contributed by atoms with Gasteiger partial charge in [0.15, 0.2) is 5.82 Å². The lowest BCUT2D eigenvalue weighted by molar-refractivity contribution is 1.10. The van der Waals surface area contributed by atoms with Crippen LogP contribution in [0.3, 0.4) is 0 Å². The molecule has 0 saturated heterocycles. The zero-order valence-electron chi connectivity index (χ0n) is 9.31. The lowest BCUT2D eigenvalue weighted by Gasteiger charge is -2.01. The first-order valence-electron chi connectivity index (χ1n) is 5.32. The van der Waals surface area contributed by atoms with E-state index in [-0.39, 0.29) is 5.56 Å². The zero-order valence-corrected chi connectivity index (χ0v) is 10.1. The molecule has 18 heavy (non-hydrogen) atoms. The number of nitrogens with two attached hydrogens (primary N) is 1. The van der Waals surface area contributed by atoms with Crippen molar-refractivity contribution in [2.24, 2.45) is 0 Å². The largest absolute Gasteiger partial charge is 0.382 e. The molecule has 0 bridgehead atoms. The van der Waals surface area contributed by atoms with Gasteiger partial charge in [-0.1, -0.05) is 6.07 Å². The van der Waals surface area contributed by atoms with Crippen LogP contribution in [-0.4, -0.2) is 15.2 Å². The smallest absolute Gasteiger partial charge is 0.247 e. The van der Waals surface area contributed by atoms with Crippen LogP contribution in [0.5, 0.6) is 0 Å². The van der Waals surface area contributed by atoms with Crippen LogP contribution in [-0.2, 0) is 0 Å². The summed E-state index contributed by atoms with van der Waals surface area (Å²) in [5.41, 5.74) is 8.29. The molecular formula is C12H10N4OS. The van der Waals surface area contributed by atoms with Gasteiger partial charge in [-0.3, -0.25) is 9.89 Å². The highest BCUT2D eigenvalue weighted by molar-refractivity contribution is 7.13. The van der Waals surface area contributed by atoms with Crippen molar-refractivity contribution >= 4 is 17.2 Å². The predicted octanol–water partition coefficient (Wildman–Crippen LogP) is 2.08. The van der Waals surface area contributed by atoms with Gasteiger partial charge in [0.1, 0.15) is 0 Å². The molecule has 6 heteroatoms. The van der Waals surface area contributed by atoms with Gasteiger partial charge in [0, 0.05) is 22.7 Å². The van der Waals surface area contributed by atoms with Gasteiger partial charge >= 0.3 is 0 Å². The van der Waals surface area contributed by atoms with Crippen LogP contribution in [0.1, 0.15) is 0 Å². The Morgan fingerprint density at radius 3 is 2.83 bits per heavy atom. The molecule has 0 unspecified atom stereocenters. The molecule has 0 aromatic carbocycles. The molecule has 0 fully saturated rings. The molecule has 0 spiro atoms. The first-order valence-corrected chi connectivity index (χ1v) is 6.20. The van der Waals surface area contributed by atoms with Crippen LogP contribution >= 0.6 is 11.3 Å². The Morgan fingerprint density at radius 1 is 1.28 bits per heavy atom. The maximum atomic E-state index is 11.1. The molecule has 4 N–H and O–H groups in total. The quantitative estimate of drug-likeness (QED) is 0.657. The van der Waals surface area contributed by atoms with Crippen LogP contribution in [0, 0.1) is 0 Å². The monoisotopic (exact) mass is 258 g/mol. The molecule has 3 aromatic rings. The number of hydrogen-bond donors (Lipinski definition) is 3. The van der Waals surface area contributed by atoms with Crippen LogP contribution in [0.25, 0.3) is 21.7 Å². The summed E-state index contributed by atoms with van der Waals surface area (Å²) in [6.45, 7) is 0. The average molecular weight is 258 g/mol. The lowest BCUT2D eigenvalue weighted by Crippen LogP contribution is -2.01. The molecule has 90 valence electrons. The summed E-state index contributed by atoms with van der Waals surface area (Å²) >= 11 is 1.59.